The normalized spacial score (nSPS) is 23.9. The summed E-state index contributed by atoms with van der Waals surface area (Å²) in [6, 6.07) is 13.0. The maximum absolute atomic E-state index is 13.2. The van der Waals surface area contributed by atoms with E-state index in [0.29, 0.717) is 5.41 Å². The van der Waals surface area contributed by atoms with Crippen LogP contribution in [-0.4, -0.2) is 53.5 Å². The molecule has 378 valence electrons. The van der Waals surface area contributed by atoms with Gasteiger partial charge in [-0.05, 0) is 157 Å². The molecule has 0 amide bonds. The minimum atomic E-state index is -5.53. The molecule has 4 aliphatic rings. The van der Waals surface area contributed by atoms with Crippen molar-refractivity contribution >= 4 is 30.6 Å². The SMILES string of the molecule is C.C=CC[C@]1(CC)CCC2=Cc3c(cnn3-c3ccc(F)cc3)C[C@@]21C.C=CC[C@]1(CO)CCC2=Cc3c(cnn3-c3ccc(F)cc3)C[C@@]21C.CC(C)[Si](OS(=O)(=O)C(F)(F)F)(C(C)C)C(C)C. The van der Waals surface area contributed by atoms with Crippen LogP contribution in [0.1, 0.15) is 137 Å². The summed E-state index contributed by atoms with van der Waals surface area (Å²) in [5.41, 5.74) is 3.62. The highest BCUT2D eigenvalue weighted by Gasteiger charge is 2.58. The highest BCUT2D eigenvalue weighted by Crippen LogP contribution is 2.64. The van der Waals surface area contributed by atoms with E-state index in [1.54, 1.807) is 65.8 Å². The number of rotatable bonds is 13. The molecule has 0 aliphatic heterocycles. The molecule has 0 saturated heterocycles. The summed E-state index contributed by atoms with van der Waals surface area (Å²) >= 11 is 0. The van der Waals surface area contributed by atoms with Crippen molar-refractivity contribution in [3.05, 3.63) is 132 Å². The number of hydrogen-bond acceptors (Lipinski definition) is 6. The van der Waals surface area contributed by atoms with Crippen molar-refractivity contribution < 1.29 is 39.3 Å². The van der Waals surface area contributed by atoms with Crippen LogP contribution in [-0.2, 0) is 26.8 Å². The first kappa shape index (κ1) is 55.5. The van der Waals surface area contributed by atoms with E-state index in [-0.39, 0.29) is 58.5 Å². The van der Waals surface area contributed by atoms with E-state index in [9.17, 15) is 35.5 Å². The summed E-state index contributed by atoms with van der Waals surface area (Å²) in [5.74, 6) is -0.465. The van der Waals surface area contributed by atoms with Gasteiger partial charge < -0.3 is 8.98 Å². The number of benzene rings is 2. The second-order valence-corrected chi connectivity index (χ2v) is 27.8. The molecular formula is C54H73F5N4O4SSi. The van der Waals surface area contributed by atoms with Crippen LogP contribution in [0.2, 0.25) is 16.6 Å². The van der Waals surface area contributed by atoms with Gasteiger partial charge in [-0.1, -0.05) is 93.0 Å². The van der Waals surface area contributed by atoms with Gasteiger partial charge in [0.15, 0.2) is 0 Å². The molecular weight excluding hydrogens is 924 g/mol. The van der Waals surface area contributed by atoms with Crippen LogP contribution in [0.3, 0.4) is 0 Å². The summed E-state index contributed by atoms with van der Waals surface area (Å²) < 4.78 is 95.0. The third-order valence-electron chi connectivity index (χ3n) is 16.4. The first-order valence-electron chi connectivity index (χ1n) is 23.8. The molecule has 0 radical (unpaired) electrons. The first-order chi connectivity index (χ1) is 31.8. The van der Waals surface area contributed by atoms with Crippen molar-refractivity contribution in [1.29, 1.82) is 0 Å². The Balaban J connectivity index is 0.000000195. The fraction of sp³-hybridized carbons (Fsp3) is 0.519. The Labute approximate surface area is 408 Å². The van der Waals surface area contributed by atoms with Gasteiger partial charge in [-0.25, -0.2) is 18.1 Å². The first-order valence-corrected chi connectivity index (χ1v) is 27.3. The molecule has 4 aliphatic carbocycles. The van der Waals surface area contributed by atoms with E-state index in [1.165, 1.54) is 59.4 Å². The van der Waals surface area contributed by atoms with E-state index >= 15 is 0 Å². The van der Waals surface area contributed by atoms with Crippen LogP contribution in [0.4, 0.5) is 22.0 Å². The molecule has 2 aromatic carbocycles. The Bertz CT molecular complexity index is 2470. The fourth-order valence-corrected chi connectivity index (χ4v) is 20.6. The highest BCUT2D eigenvalue weighted by atomic mass is 32.2. The lowest BCUT2D eigenvalue weighted by Crippen LogP contribution is -2.51. The van der Waals surface area contributed by atoms with Crippen LogP contribution in [0.5, 0.6) is 0 Å². The standard InChI is InChI=1S/C22H25FN2.C21H23FN2O.C10H21F3O3SSi.CH4/c1-4-11-22(5-2)12-10-17-13-20-16(14-21(17,22)3)15-24-25(20)19-8-6-18(23)7-9-19;1-3-9-21(14-25)10-8-16-11-19-15(12-20(16,21)2)13-23-24(19)18-6-4-17(22)5-7-18;1-7(2)18(8(3)4,9(5)6)16-17(14,15)10(11,12)13;/h4,6-9,13,15H,1,5,10-12,14H2,2-3H3;3-7,11,13,25H,1,8-10,12,14H2,2H3;7-9H,1-6H3;1H4/t21-,22+;20-,21+;;/m00../s1. The topological polar surface area (TPSA) is 99.2 Å². The lowest BCUT2D eigenvalue weighted by Gasteiger charge is -2.45. The number of allylic oxidation sites excluding steroid dienone is 4. The van der Waals surface area contributed by atoms with Gasteiger partial charge in [0.2, 0.25) is 8.32 Å². The maximum Gasteiger partial charge on any atom is 0.522 e. The second-order valence-electron chi connectivity index (χ2n) is 20.6. The van der Waals surface area contributed by atoms with E-state index in [4.69, 9.17) is 3.87 Å². The minimum Gasteiger partial charge on any atom is -0.396 e. The Hall–Kier alpha value is -4.44. The molecule has 0 spiro atoms. The molecule has 4 atom stereocenters. The second kappa shape index (κ2) is 20.7. The fourth-order valence-electron chi connectivity index (χ4n) is 12.4. The quantitative estimate of drug-likeness (QED) is 0.0620. The zero-order valence-corrected chi connectivity index (χ0v) is 42.9. The molecule has 69 heavy (non-hydrogen) atoms. The zero-order valence-electron chi connectivity index (χ0n) is 41.1. The number of hydrogen-bond donors (Lipinski definition) is 1. The van der Waals surface area contributed by atoms with Gasteiger partial charge in [0.1, 0.15) is 11.6 Å². The molecule has 2 aromatic heterocycles. The van der Waals surface area contributed by atoms with Crippen molar-refractivity contribution in [2.45, 2.75) is 150 Å². The predicted molar refractivity (Wildman–Crippen MR) is 271 cm³/mol. The lowest BCUT2D eigenvalue weighted by molar-refractivity contribution is -0.0506. The number of halogens is 5. The Morgan fingerprint density at radius 3 is 1.46 bits per heavy atom. The van der Waals surface area contributed by atoms with E-state index in [2.05, 4.69) is 62.4 Å². The monoisotopic (exact) mass is 997 g/mol. The Morgan fingerprint density at radius 1 is 0.739 bits per heavy atom. The smallest absolute Gasteiger partial charge is 0.396 e. The molecule has 8 rings (SSSR count). The number of nitrogens with zero attached hydrogens (tertiary/aromatic N) is 4. The molecule has 15 heteroatoms. The van der Waals surface area contributed by atoms with Gasteiger partial charge in [0, 0.05) is 17.4 Å². The number of aromatic nitrogens is 4. The third kappa shape index (κ3) is 9.83. The average Bonchev–Trinajstić information content (AvgIpc) is 4.02. The van der Waals surface area contributed by atoms with Crippen molar-refractivity contribution in [3.63, 3.8) is 0 Å². The van der Waals surface area contributed by atoms with Crippen molar-refractivity contribution in [1.82, 2.24) is 19.6 Å². The molecule has 1 N–H and O–H groups in total. The number of aliphatic hydroxyl groups excluding tert-OH is 1. The average molecular weight is 997 g/mol. The van der Waals surface area contributed by atoms with Gasteiger partial charge in [-0.15, -0.1) is 13.2 Å². The van der Waals surface area contributed by atoms with Gasteiger partial charge >= 0.3 is 15.6 Å². The Morgan fingerprint density at radius 2 is 1.12 bits per heavy atom. The molecule has 2 fully saturated rings. The summed E-state index contributed by atoms with van der Waals surface area (Å²) in [5, 5.41) is 19.3. The van der Waals surface area contributed by atoms with Crippen LogP contribution in [0, 0.1) is 33.3 Å². The van der Waals surface area contributed by atoms with Crippen molar-refractivity contribution in [2.24, 2.45) is 21.7 Å². The summed E-state index contributed by atoms with van der Waals surface area (Å²) in [4.78, 5) is 0. The van der Waals surface area contributed by atoms with Crippen LogP contribution >= 0.6 is 0 Å². The van der Waals surface area contributed by atoms with E-state index in [1.807, 2.05) is 27.8 Å². The largest absolute Gasteiger partial charge is 0.522 e. The predicted octanol–water partition coefficient (Wildman–Crippen LogP) is 14.7. The maximum atomic E-state index is 13.2. The summed E-state index contributed by atoms with van der Waals surface area (Å²) in [6.45, 7) is 25.4. The van der Waals surface area contributed by atoms with Crippen molar-refractivity contribution in [2.75, 3.05) is 6.61 Å². The van der Waals surface area contributed by atoms with E-state index in [0.717, 1.165) is 67.7 Å². The molecule has 0 bridgehead atoms. The molecule has 4 aromatic rings. The molecule has 8 nitrogen and oxygen atoms in total. The van der Waals surface area contributed by atoms with Gasteiger partial charge in [0.25, 0.3) is 0 Å². The number of aliphatic hydroxyl groups is 1. The summed E-state index contributed by atoms with van der Waals surface area (Å²) in [7, 11) is -8.61. The highest BCUT2D eigenvalue weighted by molar-refractivity contribution is 7.88. The lowest BCUT2D eigenvalue weighted by atomic mass is 9.58. The molecule has 2 heterocycles. The van der Waals surface area contributed by atoms with Crippen LogP contribution in [0.25, 0.3) is 23.5 Å². The zero-order chi connectivity index (χ0) is 50.3. The van der Waals surface area contributed by atoms with Crippen LogP contribution < -0.4 is 0 Å². The molecule has 2 saturated carbocycles. The third-order valence-corrected chi connectivity index (χ3v) is 24.4. The van der Waals surface area contributed by atoms with Gasteiger partial charge in [0.05, 0.1) is 35.2 Å². The minimum absolute atomic E-state index is 0. The molecule has 0 unspecified atom stereocenters. The van der Waals surface area contributed by atoms with Gasteiger partial charge in [-0.3, -0.25) is 0 Å². The summed E-state index contributed by atoms with van der Waals surface area (Å²) in [6.07, 6.45) is 21.8. The number of alkyl halides is 3. The van der Waals surface area contributed by atoms with Crippen molar-refractivity contribution in [3.8, 4) is 11.4 Å². The van der Waals surface area contributed by atoms with E-state index < -0.39 is 23.9 Å². The number of fused-ring (bicyclic) bond motifs is 4. The van der Waals surface area contributed by atoms with Crippen LogP contribution in [0.15, 0.2) is 97.4 Å². The van der Waals surface area contributed by atoms with Gasteiger partial charge in [-0.2, -0.15) is 31.8 Å². The Kier molecular flexibility index (Phi) is 16.7.